The fraction of sp³-hybridized carbons (Fsp3) is 0.559. The maximum absolute atomic E-state index is 12.3. The molecule has 1 aromatic carbocycles. The number of aryl methyl sites for hydroxylation is 1. The van der Waals surface area contributed by atoms with Crippen molar-refractivity contribution in [2.24, 2.45) is 24.3 Å². The van der Waals surface area contributed by atoms with Crippen LogP contribution >= 0.6 is 11.6 Å². The van der Waals surface area contributed by atoms with Gasteiger partial charge in [0.2, 0.25) is 5.28 Å². The Kier molecular flexibility index (Phi) is 9.35. The Labute approximate surface area is 250 Å². The molecule has 7 heteroatoms. The van der Waals surface area contributed by atoms with E-state index in [-0.39, 0.29) is 27.8 Å². The zero-order valence-electron chi connectivity index (χ0n) is 26.2. The van der Waals surface area contributed by atoms with E-state index in [0.717, 1.165) is 12.8 Å². The Balaban J connectivity index is 0.000000194. The first-order chi connectivity index (χ1) is 19.3. The van der Waals surface area contributed by atoms with Crippen molar-refractivity contribution in [3.63, 3.8) is 0 Å². The molecule has 5 rings (SSSR count). The number of halogens is 1. The number of nitrogens with zero attached hydrogens (tertiary/aromatic N) is 4. The Morgan fingerprint density at radius 1 is 1.00 bits per heavy atom. The van der Waals surface area contributed by atoms with Crippen LogP contribution in [0.15, 0.2) is 59.1 Å². The van der Waals surface area contributed by atoms with E-state index in [1.807, 2.05) is 0 Å². The van der Waals surface area contributed by atoms with Crippen LogP contribution in [-0.2, 0) is 17.2 Å². The second-order valence-electron chi connectivity index (χ2n) is 12.9. The number of ether oxygens (including phenoxy) is 1. The summed E-state index contributed by atoms with van der Waals surface area (Å²) in [4.78, 5) is 20.4. The third-order valence-electron chi connectivity index (χ3n) is 9.71. The summed E-state index contributed by atoms with van der Waals surface area (Å²) in [6, 6.07) is 9.50. The maximum atomic E-state index is 12.3. The molecule has 1 aliphatic heterocycles. The van der Waals surface area contributed by atoms with Crippen molar-refractivity contribution in [1.82, 2.24) is 19.1 Å². The highest BCUT2D eigenvalue weighted by molar-refractivity contribution is 6.28. The first-order valence-electron chi connectivity index (χ1n) is 15.0. The van der Waals surface area contributed by atoms with Crippen LogP contribution in [0.2, 0.25) is 5.28 Å². The van der Waals surface area contributed by atoms with E-state index in [0.29, 0.717) is 42.1 Å². The van der Waals surface area contributed by atoms with Crippen molar-refractivity contribution >= 4 is 22.8 Å². The lowest BCUT2D eigenvalue weighted by Crippen LogP contribution is -2.47. The average molecular weight is 579 g/mol. The van der Waals surface area contributed by atoms with Crippen LogP contribution in [0.1, 0.15) is 91.3 Å². The highest BCUT2D eigenvalue weighted by Gasteiger charge is 2.50. The molecule has 41 heavy (non-hydrogen) atoms. The van der Waals surface area contributed by atoms with Crippen molar-refractivity contribution in [1.29, 1.82) is 0 Å². The van der Waals surface area contributed by atoms with Gasteiger partial charge in [0.1, 0.15) is 5.52 Å². The molecule has 1 aliphatic carbocycles. The normalized spacial score (nSPS) is 23.3. The summed E-state index contributed by atoms with van der Waals surface area (Å²) in [6.45, 7) is 20.1. The summed E-state index contributed by atoms with van der Waals surface area (Å²) >= 11 is 5.82. The van der Waals surface area contributed by atoms with Gasteiger partial charge in [0, 0.05) is 37.1 Å². The number of imidazole rings is 1. The molecule has 1 fully saturated rings. The molecule has 222 valence electrons. The molecule has 0 N–H and O–H groups in total. The van der Waals surface area contributed by atoms with Crippen LogP contribution in [0.5, 0.6) is 0 Å². The molecular formula is C34H47ClN4O2. The van der Waals surface area contributed by atoms with Crippen LogP contribution in [0.25, 0.3) is 11.2 Å². The van der Waals surface area contributed by atoms with E-state index in [1.165, 1.54) is 11.1 Å². The van der Waals surface area contributed by atoms with E-state index in [9.17, 15) is 4.79 Å². The predicted octanol–water partition coefficient (Wildman–Crippen LogP) is 8.02. The molecular weight excluding hydrogens is 532 g/mol. The Morgan fingerprint density at radius 2 is 1.63 bits per heavy atom. The quantitative estimate of drug-likeness (QED) is 0.288. The lowest BCUT2D eigenvalue weighted by atomic mass is 9.51. The average Bonchev–Trinajstić information content (AvgIpc) is 3.19. The summed E-state index contributed by atoms with van der Waals surface area (Å²) < 4.78 is 8.59. The smallest absolute Gasteiger partial charge is 0.330 e. The second-order valence-corrected chi connectivity index (χ2v) is 13.2. The van der Waals surface area contributed by atoms with Gasteiger partial charge in [-0.1, -0.05) is 103 Å². The highest BCUT2D eigenvalue weighted by Crippen LogP contribution is 2.55. The van der Waals surface area contributed by atoms with Crippen molar-refractivity contribution < 1.29 is 4.74 Å². The minimum atomic E-state index is -0.0755. The lowest BCUT2D eigenvalue weighted by molar-refractivity contribution is 0.0695. The molecule has 3 heterocycles. The second kappa shape index (κ2) is 12.3. The van der Waals surface area contributed by atoms with Crippen molar-refractivity contribution in [2.45, 2.75) is 85.6 Å². The molecule has 0 bridgehead atoms. The molecule has 2 unspecified atom stereocenters. The topological polar surface area (TPSA) is 61.9 Å². The van der Waals surface area contributed by atoms with Crippen LogP contribution in [0.4, 0.5) is 0 Å². The third-order valence-corrected chi connectivity index (χ3v) is 9.89. The van der Waals surface area contributed by atoms with Gasteiger partial charge in [-0.05, 0) is 53.3 Å². The van der Waals surface area contributed by atoms with E-state index in [4.69, 9.17) is 16.3 Å². The standard InChI is InChI=1S/C23H34.C11H13ClN4O2/c1-16(2)19-11-13-20(14-12-19)23(8)21(17(3)4)10-9-15-22(23,7)18(5)6;1-15-8-6-13-10(12)14-9(8)16(11(15)17)7-2-4-18-5-3-7/h9-18H,1-8H3;6-7H,2-5H2,1H3. The Bertz CT molecular complexity index is 1470. The maximum Gasteiger partial charge on any atom is 0.330 e. The van der Waals surface area contributed by atoms with E-state index >= 15 is 0 Å². The van der Waals surface area contributed by atoms with Crippen molar-refractivity contribution in [2.75, 3.05) is 13.2 Å². The zero-order valence-corrected chi connectivity index (χ0v) is 27.0. The molecule has 2 aliphatic rings. The van der Waals surface area contributed by atoms with Crippen molar-refractivity contribution in [3.05, 3.63) is 81.2 Å². The zero-order chi connectivity index (χ0) is 30.1. The van der Waals surface area contributed by atoms with E-state index in [2.05, 4.69) is 108 Å². The Morgan fingerprint density at radius 3 is 2.20 bits per heavy atom. The Hall–Kier alpha value is -2.70. The van der Waals surface area contributed by atoms with E-state index < -0.39 is 0 Å². The molecule has 3 aromatic rings. The number of hydrogen-bond donors (Lipinski definition) is 0. The van der Waals surface area contributed by atoms with Gasteiger partial charge in [0.15, 0.2) is 5.65 Å². The van der Waals surface area contributed by atoms with Gasteiger partial charge in [-0.15, -0.1) is 0 Å². The molecule has 2 aromatic heterocycles. The lowest BCUT2D eigenvalue weighted by Gasteiger charge is -2.52. The molecule has 6 nitrogen and oxygen atoms in total. The fourth-order valence-corrected chi connectivity index (χ4v) is 6.73. The van der Waals surface area contributed by atoms with E-state index in [1.54, 1.807) is 28.0 Å². The number of hydrogen-bond acceptors (Lipinski definition) is 4. The third kappa shape index (κ3) is 5.70. The fourth-order valence-electron chi connectivity index (χ4n) is 6.60. The summed E-state index contributed by atoms with van der Waals surface area (Å²) in [7, 11) is 1.72. The molecule has 0 radical (unpaired) electrons. The van der Waals surface area contributed by atoms with Gasteiger partial charge in [-0.25, -0.2) is 9.78 Å². The summed E-state index contributed by atoms with van der Waals surface area (Å²) in [5.74, 6) is 1.71. The van der Waals surface area contributed by atoms with Crippen LogP contribution < -0.4 is 5.69 Å². The van der Waals surface area contributed by atoms with Gasteiger partial charge in [0.05, 0.1) is 6.20 Å². The highest BCUT2D eigenvalue weighted by atomic mass is 35.5. The first kappa shape index (κ1) is 31.2. The first-order valence-corrected chi connectivity index (χ1v) is 15.4. The SMILES string of the molecule is CC(C)C1=CC=CC(C)(C(C)C)C1(C)c1ccc(C(C)C)cc1.Cn1c(=O)n(C2CCOCC2)c2nc(Cl)ncc21. The van der Waals surface area contributed by atoms with Crippen molar-refractivity contribution in [3.8, 4) is 0 Å². The van der Waals surface area contributed by atoms with Gasteiger partial charge in [-0.2, -0.15) is 4.98 Å². The largest absolute Gasteiger partial charge is 0.381 e. The number of aromatic nitrogens is 4. The van der Waals surface area contributed by atoms with Gasteiger partial charge in [0.25, 0.3) is 0 Å². The molecule has 2 atom stereocenters. The molecule has 0 spiro atoms. The number of benzene rings is 1. The van der Waals surface area contributed by atoms with Crippen LogP contribution in [0.3, 0.4) is 0 Å². The number of fused-ring (bicyclic) bond motifs is 1. The molecule has 0 amide bonds. The minimum Gasteiger partial charge on any atom is -0.381 e. The summed E-state index contributed by atoms with van der Waals surface area (Å²) in [6.07, 6.45) is 10.3. The summed E-state index contributed by atoms with van der Waals surface area (Å²) in [5, 5.41) is 0.161. The van der Waals surface area contributed by atoms with Gasteiger partial charge < -0.3 is 4.74 Å². The van der Waals surface area contributed by atoms with Crippen LogP contribution in [-0.4, -0.2) is 32.3 Å². The van der Waals surface area contributed by atoms with Gasteiger partial charge >= 0.3 is 5.69 Å². The molecule has 1 saturated heterocycles. The number of allylic oxidation sites excluding steroid dienone is 4. The molecule has 0 saturated carbocycles. The monoisotopic (exact) mass is 578 g/mol. The number of rotatable bonds is 5. The van der Waals surface area contributed by atoms with Crippen LogP contribution in [0, 0.1) is 17.3 Å². The summed E-state index contributed by atoms with van der Waals surface area (Å²) in [5.41, 5.74) is 5.82. The minimum absolute atomic E-state index is 0.0413. The predicted molar refractivity (Wildman–Crippen MR) is 170 cm³/mol. The van der Waals surface area contributed by atoms with Gasteiger partial charge in [-0.3, -0.25) is 9.13 Å².